The fourth-order valence-corrected chi connectivity index (χ4v) is 4.34. The second-order valence-electron chi connectivity index (χ2n) is 9.74. The third-order valence-electron chi connectivity index (χ3n) is 6.48. The van der Waals surface area contributed by atoms with E-state index in [-0.39, 0.29) is 29.2 Å². The number of nitrogens with two attached hydrogens (primary N) is 1. The molecule has 0 radical (unpaired) electrons. The van der Waals surface area contributed by atoms with Gasteiger partial charge in [-0.1, -0.05) is 36.4 Å². The van der Waals surface area contributed by atoms with E-state index < -0.39 is 56.8 Å². The Kier molecular flexibility index (Phi) is 9.35. The molecular formula is C29H25N7O9. The minimum Gasteiger partial charge on any atom is -0.481 e. The van der Waals surface area contributed by atoms with Crippen LogP contribution in [0.5, 0.6) is 11.5 Å². The first-order valence-electron chi connectivity index (χ1n) is 13.0. The number of carbonyl (C=O) groups excluding carboxylic acids is 1. The molecular weight excluding hydrogens is 590 g/mol. The van der Waals surface area contributed by atoms with Gasteiger partial charge in [-0.05, 0) is 36.2 Å². The molecule has 3 N–H and O–H groups in total. The summed E-state index contributed by atoms with van der Waals surface area (Å²) < 4.78 is 11.6. The number of carbonyl (C=O) groups is 2. The summed E-state index contributed by atoms with van der Waals surface area (Å²) in [5.74, 6) is 1.37. The lowest BCUT2D eigenvalue weighted by Crippen LogP contribution is -2.51. The quantitative estimate of drug-likeness (QED) is 0.180. The summed E-state index contributed by atoms with van der Waals surface area (Å²) in [6.45, 7) is 0. The van der Waals surface area contributed by atoms with E-state index in [9.17, 15) is 40.2 Å². The molecule has 230 valence electrons. The average molecular weight is 616 g/mol. The van der Waals surface area contributed by atoms with Gasteiger partial charge in [0.15, 0.2) is 0 Å². The minimum absolute atomic E-state index is 0.0301. The minimum atomic E-state index is -1.71. The van der Waals surface area contributed by atoms with E-state index in [1.165, 1.54) is 29.2 Å². The van der Waals surface area contributed by atoms with Crippen molar-refractivity contribution in [2.24, 2.45) is 16.8 Å². The Morgan fingerprint density at radius 1 is 1.09 bits per heavy atom. The molecule has 45 heavy (non-hydrogen) atoms. The van der Waals surface area contributed by atoms with Crippen LogP contribution in [0.25, 0.3) is 0 Å². The Hall–Kier alpha value is -6.34. The van der Waals surface area contributed by atoms with Crippen LogP contribution >= 0.6 is 0 Å². The van der Waals surface area contributed by atoms with Crippen molar-refractivity contribution in [1.29, 1.82) is 5.26 Å². The number of nitro benzene ring substituents is 1. The van der Waals surface area contributed by atoms with Gasteiger partial charge in [0, 0.05) is 31.8 Å². The molecule has 1 amide bonds. The van der Waals surface area contributed by atoms with Crippen molar-refractivity contribution < 1.29 is 34.0 Å². The van der Waals surface area contributed by atoms with Gasteiger partial charge < -0.3 is 19.5 Å². The fourth-order valence-electron chi connectivity index (χ4n) is 4.34. The topological polar surface area (TPSA) is 228 Å². The van der Waals surface area contributed by atoms with Crippen molar-refractivity contribution in [2.75, 3.05) is 14.1 Å². The maximum atomic E-state index is 12.6. The first kappa shape index (κ1) is 31.6. The van der Waals surface area contributed by atoms with E-state index >= 15 is 0 Å². The molecule has 0 saturated carbocycles. The Balaban J connectivity index is 1.89. The highest BCUT2D eigenvalue weighted by Crippen LogP contribution is 2.34. The van der Waals surface area contributed by atoms with Gasteiger partial charge in [0.25, 0.3) is 18.1 Å². The van der Waals surface area contributed by atoms with Gasteiger partial charge >= 0.3 is 17.4 Å². The Labute approximate surface area is 255 Å². The first-order chi connectivity index (χ1) is 21.4. The number of nitro groups is 2. The Bertz CT molecular complexity index is 1770. The average Bonchev–Trinajstić information content (AvgIpc) is 3.01. The van der Waals surface area contributed by atoms with Crippen molar-refractivity contribution in [1.82, 2.24) is 9.91 Å². The van der Waals surface area contributed by atoms with Gasteiger partial charge in [-0.3, -0.25) is 29.8 Å². The van der Waals surface area contributed by atoms with Gasteiger partial charge in [0.2, 0.25) is 5.75 Å². The number of aliphatic carboxylic acids is 1. The highest BCUT2D eigenvalue weighted by Gasteiger charge is 2.45. The molecule has 2 atom stereocenters. The number of rotatable bonds is 11. The van der Waals surface area contributed by atoms with Crippen LogP contribution in [-0.2, 0) is 11.2 Å². The maximum absolute atomic E-state index is 12.6. The molecule has 0 fully saturated rings. The zero-order valence-corrected chi connectivity index (χ0v) is 23.8. The maximum Gasteiger partial charge on any atom is 0.352 e. The van der Waals surface area contributed by atoms with Crippen molar-refractivity contribution in [3.05, 3.63) is 121 Å². The first-order valence-corrected chi connectivity index (χ1v) is 13.0. The Morgan fingerprint density at radius 3 is 2.40 bits per heavy atom. The van der Waals surface area contributed by atoms with Crippen LogP contribution in [0.2, 0.25) is 0 Å². The van der Waals surface area contributed by atoms with Crippen molar-refractivity contribution >= 4 is 23.3 Å². The number of hydrogen-bond acceptors (Lipinski definition) is 12. The molecule has 1 aliphatic heterocycles. The van der Waals surface area contributed by atoms with E-state index in [2.05, 4.69) is 4.99 Å². The third kappa shape index (κ3) is 7.01. The molecule has 3 aromatic carbocycles. The molecule has 3 aromatic rings. The lowest BCUT2D eigenvalue weighted by atomic mass is 9.92. The smallest absolute Gasteiger partial charge is 0.352 e. The molecule has 0 spiro atoms. The highest BCUT2D eigenvalue weighted by molar-refractivity contribution is 6.10. The number of benzene rings is 3. The monoisotopic (exact) mass is 615 g/mol. The van der Waals surface area contributed by atoms with E-state index in [4.69, 9.17) is 15.3 Å². The summed E-state index contributed by atoms with van der Waals surface area (Å²) in [4.78, 5) is 53.1. The lowest BCUT2D eigenvalue weighted by molar-refractivity contribution is -0.420. The molecule has 0 aliphatic carbocycles. The number of amides is 1. The highest BCUT2D eigenvalue weighted by atomic mass is 16.6. The van der Waals surface area contributed by atoms with Crippen LogP contribution in [0.4, 0.5) is 5.69 Å². The van der Waals surface area contributed by atoms with Crippen LogP contribution in [-0.4, -0.2) is 62.9 Å². The summed E-state index contributed by atoms with van der Waals surface area (Å²) in [5, 5.41) is 44.4. The number of carboxylic acids is 1. The van der Waals surface area contributed by atoms with Crippen molar-refractivity contribution in [3.8, 4) is 17.6 Å². The number of aliphatic imine (C=N–C) groups is 1. The number of carboxylic acid groups (broad SMARTS) is 1. The summed E-state index contributed by atoms with van der Waals surface area (Å²) in [5.41, 5.74) is -1.59. The second kappa shape index (κ2) is 13.3. The van der Waals surface area contributed by atoms with Crippen molar-refractivity contribution in [2.45, 2.75) is 12.8 Å². The van der Waals surface area contributed by atoms with Gasteiger partial charge in [-0.15, -0.1) is 0 Å². The number of hydrogen-bond donors (Lipinski definition) is 2. The predicted octanol–water partition coefficient (Wildman–Crippen LogP) is 2.93. The van der Waals surface area contributed by atoms with Crippen molar-refractivity contribution in [3.63, 3.8) is 0 Å². The van der Waals surface area contributed by atoms with Crippen LogP contribution < -0.4 is 15.3 Å². The fraction of sp³-hybridized carbons (Fsp3) is 0.172. The molecule has 1 aliphatic rings. The molecule has 0 bridgehead atoms. The molecule has 2 unspecified atom stereocenters. The second-order valence-corrected chi connectivity index (χ2v) is 9.74. The predicted molar refractivity (Wildman–Crippen MR) is 156 cm³/mol. The number of nitrogens with zero attached hydrogens (tertiary/aromatic N) is 6. The van der Waals surface area contributed by atoms with Crippen LogP contribution in [0.15, 0.2) is 89.4 Å². The standard InChI is InChI=1S/C29H25N7O9/c1-33(2)26(37)19-9-6-10-20(15-19)44-29-32-24(21(28(38)39)13-17-7-4-3-5-8-17)25(36(42)43)27(34(29)31)45-23-14-18(16-30)11-12-22(23)35(40)41/h3-12,14-15,21,29H,13,31H2,1-2H3,(H,38,39). The lowest BCUT2D eigenvalue weighted by Gasteiger charge is -2.32. The zero-order chi connectivity index (χ0) is 32.8. The van der Waals surface area contributed by atoms with Crippen LogP contribution in [0.1, 0.15) is 21.5 Å². The summed E-state index contributed by atoms with van der Waals surface area (Å²) in [7, 11) is 3.09. The largest absolute Gasteiger partial charge is 0.481 e. The zero-order valence-electron chi connectivity index (χ0n) is 23.8. The van der Waals surface area contributed by atoms with Gasteiger partial charge in [0.1, 0.15) is 17.4 Å². The molecule has 4 rings (SSSR count). The molecule has 0 saturated heterocycles. The normalized spacial score (nSPS) is 14.9. The molecule has 16 nitrogen and oxygen atoms in total. The van der Waals surface area contributed by atoms with Crippen LogP contribution in [0.3, 0.4) is 0 Å². The SMILES string of the molecule is CN(C)C(=O)c1cccc(OC2N=C(C(Cc3ccccc3)C(=O)O)C([N+](=O)[O-])=C(Oc3cc(C#N)ccc3[N+](=O)[O-])N2N)c1. The van der Waals surface area contributed by atoms with Gasteiger partial charge in [-0.25, -0.2) is 15.8 Å². The van der Waals surface area contributed by atoms with Gasteiger partial charge in [0.05, 0.1) is 21.5 Å². The molecule has 16 heteroatoms. The number of hydrazine groups is 1. The third-order valence-corrected chi connectivity index (χ3v) is 6.48. The molecule has 1 heterocycles. The van der Waals surface area contributed by atoms with E-state index in [0.717, 1.165) is 18.2 Å². The molecule has 0 aromatic heterocycles. The summed E-state index contributed by atoms with van der Waals surface area (Å²) in [6.07, 6.45) is -1.95. The van der Waals surface area contributed by atoms with E-state index in [0.29, 0.717) is 10.6 Å². The van der Waals surface area contributed by atoms with Crippen LogP contribution in [0, 0.1) is 37.5 Å². The number of ether oxygens (including phenoxy) is 2. The number of allylic oxidation sites excluding steroid dienone is 1. The summed E-state index contributed by atoms with van der Waals surface area (Å²) >= 11 is 0. The Morgan fingerprint density at radius 2 is 1.80 bits per heavy atom. The van der Waals surface area contributed by atoms with E-state index in [1.54, 1.807) is 50.5 Å². The van der Waals surface area contributed by atoms with E-state index in [1.807, 2.05) is 0 Å². The number of nitriles is 1. The van der Waals surface area contributed by atoms with Gasteiger partial charge in [-0.2, -0.15) is 5.26 Å². The summed E-state index contributed by atoms with van der Waals surface area (Å²) in [6, 6.07) is 19.0.